The van der Waals surface area contributed by atoms with Gasteiger partial charge in [-0.25, -0.2) is 0 Å². The Labute approximate surface area is 485 Å². The molecule has 0 spiro atoms. The molecule has 0 aliphatic heterocycles. The lowest BCUT2D eigenvalue weighted by atomic mass is 10.1. The third kappa shape index (κ3) is 63.5. The molecule has 0 saturated heterocycles. The van der Waals surface area contributed by atoms with Gasteiger partial charge in [0.15, 0.2) is 6.10 Å². The quantitative estimate of drug-likeness (QED) is 0.0261. The van der Waals surface area contributed by atoms with Crippen LogP contribution < -0.4 is 0 Å². The molecule has 442 valence electrons. The summed E-state index contributed by atoms with van der Waals surface area (Å²) < 4.78 is 16.8. The number of carbonyl (C=O) groups excluding carboxylic acids is 3. The van der Waals surface area contributed by atoms with E-state index in [1.807, 2.05) is 6.08 Å². The monoisotopic (exact) mass is 1090 g/mol. The average Bonchev–Trinajstić information content (AvgIpc) is 3.45. The van der Waals surface area contributed by atoms with Gasteiger partial charge in [0.2, 0.25) is 0 Å². The molecular formula is C73H114O6. The van der Waals surface area contributed by atoms with Crippen molar-refractivity contribution in [2.24, 2.45) is 0 Å². The fourth-order valence-electron chi connectivity index (χ4n) is 8.12. The SMILES string of the molecule is CC/C=C\C/C=C\C/C=C\C/C=C\C/C=C\CCCCCCCCCCCC(=O)OCC(COC(=O)C/C=C\C/C=C\C/C=C\C/C=C\C/C=C\CC)OC(=O)CCCCCCCCCC/C=C\C/C=C\C/C=C\C/C=C\CC. The smallest absolute Gasteiger partial charge is 0.309 e. The average molecular weight is 1090 g/mol. The maximum absolute atomic E-state index is 12.9. The van der Waals surface area contributed by atoms with E-state index in [-0.39, 0.29) is 31.6 Å². The van der Waals surface area contributed by atoms with Crippen LogP contribution in [0.25, 0.3) is 0 Å². The van der Waals surface area contributed by atoms with Gasteiger partial charge >= 0.3 is 17.9 Å². The van der Waals surface area contributed by atoms with Crippen molar-refractivity contribution in [3.63, 3.8) is 0 Å². The summed E-state index contributed by atoms with van der Waals surface area (Å²) >= 11 is 0. The van der Waals surface area contributed by atoms with Crippen LogP contribution in [-0.4, -0.2) is 37.2 Å². The van der Waals surface area contributed by atoms with Crippen molar-refractivity contribution < 1.29 is 28.6 Å². The minimum atomic E-state index is -0.836. The molecular weight excluding hydrogens is 973 g/mol. The molecule has 0 bridgehead atoms. The van der Waals surface area contributed by atoms with E-state index in [1.165, 1.54) is 70.6 Å². The van der Waals surface area contributed by atoms with Crippen molar-refractivity contribution in [3.05, 3.63) is 170 Å². The minimum absolute atomic E-state index is 0.116. The number of esters is 3. The van der Waals surface area contributed by atoms with Crippen molar-refractivity contribution >= 4 is 17.9 Å². The number of hydrogen-bond donors (Lipinski definition) is 0. The van der Waals surface area contributed by atoms with Gasteiger partial charge in [-0.3, -0.25) is 14.4 Å². The van der Waals surface area contributed by atoms with Crippen LogP contribution in [0.5, 0.6) is 0 Å². The molecule has 0 rings (SSSR count). The zero-order valence-corrected chi connectivity index (χ0v) is 50.6. The molecule has 0 aromatic carbocycles. The second-order valence-electron chi connectivity index (χ2n) is 20.2. The summed E-state index contributed by atoms with van der Waals surface area (Å²) in [5.41, 5.74) is 0. The van der Waals surface area contributed by atoms with Crippen LogP contribution >= 0.6 is 0 Å². The van der Waals surface area contributed by atoms with Gasteiger partial charge in [-0.05, 0) is 128 Å². The summed E-state index contributed by atoms with van der Waals surface area (Å²) in [7, 11) is 0. The van der Waals surface area contributed by atoms with E-state index in [0.717, 1.165) is 141 Å². The summed E-state index contributed by atoms with van der Waals surface area (Å²) in [6.45, 7) is 6.20. The van der Waals surface area contributed by atoms with Gasteiger partial charge in [-0.15, -0.1) is 0 Å². The molecule has 0 fully saturated rings. The number of rotatable bonds is 55. The topological polar surface area (TPSA) is 78.9 Å². The summed E-state index contributed by atoms with van der Waals surface area (Å²) in [6.07, 6.45) is 96.6. The lowest BCUT2D eigenvalue weighted by molar-refractivity contribution is -0.166. The molecule has 1 unspecified atom stereocenters. The zero-order chi connectivity index (χ0) is 57.1. The lowest BCUT2D eigenvalue weighted by Crippen LogP contribution is -2.30. The fraction of sp³-hybridized carbons (Fsp3) is 0.575. The second kappa shape index (κ2) is 65.3. The molecule has 6 nitrogen and oxygen atoms in total. The van der Waals surface area contributed by atoms with Crippen LogP contribution in [0.2, 0.25) is 0 Å². The highest BCUT2D eigenvalue weighted by Crippen LogP contribution is 2.15. The predicted molar refractivity (Wildman–Crippen MR) is 343 cm³/mol. The van der Waals surface area contributed by atoms with Gasteiger partial charge in [-0.2, -0.15) is 0 Å². The summed E-state index contributed by atoms with van der Waals surface area (Å²) in [5.74, 6) is -1.07. The van der Waals surface area contributed by atoms with Crippen molar-refractivity contribution in [2.45, 2.75) is 258 Å². The molecule has 0 amide bonds. The summed E-state index contributed by atoms with van der Waals surface area (Å²) in [4.78, 5) is 38.3. The largest absolute Gasteiger partial charge is 0.462 e. The maximum Gasteiger partial charge on any atom is 0.309 e. The van der Waals surface area contributed by atoms with Crippen LogP contribution in [-0.2, 0) is 28.6 Å². The van der Waals surface area contributed by atoms with Crippen molar-refractivity contribution in [1.82, 2.24) is 0 Å². The molecule has 0 saturated carbocycles. The van der Waals surface area contributed by atoms with E-state index in [0.29, 0.717) is 12.8 Å². The molecule has 0 N–H and O–H groups in total. The van der Waals surface area contributed by atoms with Crippen LogP contribution in [0.1, 0.15) is 252 Å². The van der Waals surface area contributed by atoms with Gasteiger partial charge in [0, 0.05) is 12.8 Å². The lowest BCUT2D eigenvalue weighted by Gasteiger charge is -2.18. The summed E-state index contributed by atoms with van der Waals surface area (Å²) in [5, 5.41) is 0. The van der Waals surface area contributed by atoms with Gasteiger partial charge in [-0.1, -0.05) is 274 Å². The molecule has 6 heteroatoms. The van der Waals surface area contributed by atoms with Crippen LogP contribution in [0.3, 0.4) is 0 Å². The highest BCUT2D eigenvalue weighted by Gasteiger charge is 2.19. The molecule has 0 aliphatic rings. The Kier molecular flexibility index (Phi) is 61.0. The Morgan fingerprint density at radius 3 is 0.823 bits per heavy atom. The van der Waals surface area contributed by atoms with Gasteiger partial charge in [0.1, 0.15) is 13.2 Å². The molecule has 1 atom stereocenters. The first kappa shape index (κ1) is 73.8. The summed E-state index contributed by atoms with van der Waals surface area (Å²) in [6, 6.07) is 0. The van der Waals surface area contributed by atoms with E-state index >= 15 is 0 Å². The maximum atomic E-state index is 12.9. The Morgan fingerprint density at radius 2 is 0.506 bits per heavy atom. The third-order valence-corrected chi connectivity index (χ3v) is 12.7. The Morgan fingerprint density at radius 1 is 0.266 bits per heavy atom. The van der Waals surface area contributed by atoms with Crippen LogP contribution in [0.4, 0.5) is 0 Å². The van der Waals surface area contributed by atoms with Crippen LogP contribution in [0.15, 0.2) is 170 Å². The second-order valence-corrected chi connectivity index (χ2v) is 20.2. The van der Waals surface area contributed by atoms with Gasteiger partial charge < -0.3 is 14.2 Å². The van der Waals surface area contributed by atoms with Crippen molar-refractivity contribution in [3.8, 4) is 0 Å². The Balaban J connectivity index is 4.48. The Bertz CT molecular complexity index is 1820. The number of hydrogen-bond acceptors (Lipinski definition) is 6. The van der Waals surface area contributed by atoms with Gasteiger partial charge in [0.25, 0.3) is 0 Å². The van der Waals surface area contributed by atoms with E-state index < -0.39 is 12.1 Å². The molecule has 79 heavy (non-hydrogen) atoms. The van der Waals surface area contributed by atoms with Gasteiger partial charge in [0.05, 0.1) is 6.42 Å². The van der Waals surface area contributed by atoms with Crippen LogP contribution in [0, 0.1) is 0 Å². The highest BCUT2D eigenvalue weighted by molar-refractivity contribution is 5.72. The van der Waals surface area contributed by atoms with E-state index in [9.17, 15) is 14.4 Å². The Hall–Kier alpha value is -5.23. The molecule has 0 radical (unpaired) electrons. The normalized spacial score (nSPS) is 13.3. The van der Waals surface area contributed by atoms with Crippen molar-refractivity contribution in [1.29, 1.82) is 0 Å². The number of unbranched alkanes of at least 4 members (excludes halogenated alkanes) is 17. The molecule has 0 aliphatic carbocycles. The number of ether oxygens (including phenoxy) is 3. The molecule has 0 aromatic heterocycles. The van der Waals surface area contributed by atoms with E-state index in [1.54, 1.807) is 6.08 Å². The zero-order valence-electron chi connectivity index (χ0n) is 50.6. The first-order valence-corrected chi connectivity index (χ1v) is 31.6. The minimum Gasteiger partial charge on any atom is -0.462 e. The molecule has 0 heterocycles. The standard InChI is InChI=1S/C73H114O6/c1-4-7-10-13-16-19-22-25-28-30-32-34-35-36-37-39-40-42-45-48-51-54-57-60-63-66-72(75)78-69-70(68-77-71(74)65-62-59-56-53-50-47-44-27-24-21-18-15-12-9-6-3)79-73(76)67-64-61-58-55-52-49-46-43-41-38-33-31-29-26-23-20-17-14-11-8-5-2/h7-12,16-21,25-29,32-34,36-38,44,50,53,59,62,70H,4-6,13-15,22-24,30-31,35,39-43,45-49,51-52,54-58,60-61,63-69H2,1-3H3/b10-7-,11-8-,12-9-,19-16-,20-17-,21-18-,28-25-,29-26-,34-32-,37-36-,38-33-,44-27-,53-50-,62-59-. The fourth-order valence-corrected chi connectivity index (χ4v) is 8.12. The van der Waals surface area contributed by atoms with Crippen molar-refractivity contribution in [2.75, 3.05) is 13.2 Å². The van der Waals surface area contributed by atoms with E-state index in [2.05, 4.69) is 179 Å². The number of allylic oxidation sites excluding steroid dienone is 27. The predicted octanol–water partition coefficient (Wildman–Crippen LogP) is 21.9. The number of carbonyl (C=O) groups is 3. The molecule has 0 aromatic rings. The third-order valence-electron chi connectivity index (χ3n) is 12.7. The highest BCUT2D eigenvalue weighted by atomic mass is 16.6. The van der Waals surface area contributed by atoms with E-state index in [4.69, 9.17) is 14.2 Å². The first-order valence-electron chi connectivity index (χ1n) is 31.6. The first-order chi connectivity index (χ1) is 39.0.